The van der Waals surface area contributed by atoms with E-state index >= 15 is 0 Å². The molecule has 0 aliphatic rings. The van der Waals surface area contributed by atoms with Gasteiger partial charge in [0, 0.05) is 13.1 Å². The van der Waals surface area contributed by atoms with Gasteiger partial charge in [-0.15, -0.1) is 11.3 Å². The minimum absolute atomic E-state index is 0.627. The van der Waals surface area contributed by atoms with Gasteiger partial charge in [-0.1, -0.05) is 6.92 Å². The van der Waals surface area contributed by atoms with Crippen LogP contribution in [-0.2, 0) is 0 Å². The van der Waals surface area contributed by atoms with E-state index in [0.717, 1.165) is 29.7 Å². The summed E-state index contributed by atoms with van der Waals surface area (Å²) in [6.07, 6.45) is 1.04. The first-order valence-electron chi connectivity index (χ1n) is 6.47. The lowest BCUT2D eigenvalue weighted by atomic mass is 10.4. The number of nitrogens with zero attached hydrogens (tertiary/aromatic N) is 3. The van der Waals surface area contributed by atoms with Crippen LogP contribution in [0.2, 0.25) is 0 Å². The first-order chi connectivity index (χ1) is 9.20. The summed E-state index contributed by atoms with van der Waals surface area (Å²) in [4.78, 5) is 12.0. The van der Waals surface area contributed by atoms with E-state index in [2.05, 4.69) is 27.1 Å². The summed E-state index contributed by atoms with van der Waals surface area (Å²) in [5.74, 6) is 1.32. The molecule has 0 aliphatic carbocycles. The second-order valence-electron chi connectivity index (χ2n) is 4.57. The Bertz CT molecular complexity index is 526. The van der Waals surface area contributed by atoms with Crippen molar-refractivity contribution in [1.29, 1.82) is 0 Å². The predicted octanol–water partition coefficient (Wildman–Crippen LogP) is 2.45. The van der Waals surface area contributed by atoms with Gasteiger partial charge in [-0.25, -0.2) is 4.98 Å². The Balaban J connectivity index is 2.16. The second-order valence-corrected chi connectivity index (χ2v) is 5.46. The molecule has 0 spiro atoms. The number of nitrogens with one attached hydrogen (secondary N) is 1. The van der Waals surface area contributed by atoms with E-state index in [1.807, 2.05) is 25.5 Å². The van der Waals surface area contributed by atoms with Gasteiger partial charge in [0.05, 0.1) is 5.39 Å². The number of thiophene rings is 1. The van der Waals surface area contributed by atoms with Crippen LogP contribution in [0.25, 0.3) is 10.2 Å². The first kappa shape index (κ1) is 14.0. The van der Waals surface area contributed by atoms with Gasteiger partial charge in [0.15, 0.2) is 0 Å². The lowest BCUT2D eigenvalue weighted by molar-refractivity contribution is 0.256. The Morgan fingerprint density at radius 2 is 2.21 bits per heavy atom. The Hall–Kier alpha value is -1.40. The summed E-state index contributed by atoms with van der Waals surface area (Å²) in [6.45, 7) is 4.48. The third kappa shape index (κ3) is 3.78. The second kappa shape index (κ2) is 6.68. The Morgan fingerprint density at radius 1 is 1.37 bits per heavy atom. The molecule has 19 heavy (non-hydrogen) atoms. The van der Waals surface area contributed by atoms with Gasteiger partial charge in [0.2, 0.25) is 11.8 Å². The molecule has 2 heterocycles. The number of hydrogen-bond donors (Lipinski definition) is 1. The number of fused-ring (bicyclic) bond motifs is 1. The van der Waals surface area contributed by atoms with Crippen molar-refractivity contribution in [3.05, 3.63) is 11.4 Å². The Morgan fingerprint density at radius 3 is 2.95 bits per heavy atom. The fourth-order valence-electron chi connectivity index (χ4n) is 1.58. The molecule has 104 valence electrons. The van der Waals surface area contributed by atoms with Crippen LogP contribution < -0.4 is 10.1 Å². The minimum atomic E-state index is 0.627. The largest absolute Gasteiger partial charge is 0.476 e. The SMILES string of the molecule is CCCNc1nc(OCCN(C)C)c2ccsc2n1. The zero-order valence-electron chi connectivity index (χ0n) is 11.6. The maximum Gasteiger partial charge on any atom is 0.227 e. The molecule has 6 heteroatoms. The summed E-state index contributed by atoms with van der Waals surface area (Å²) < 4.78 is 5.78. The summed E-state index contributed by atoms with van der Waals surface area (Å²) in [5, 5.41) is 6.22. The van der Waals surface area contributed by atoms with E-state index in [1.165, 1.54) is 0 Å². The van der Waals surface area contributed by atoms with Crippen molar-refractivity contribution in [2.45, 2.75) is 13.3 Å². The van der Waals surface area contributed by atoms with Gasteiger partial charge >= 0.3 is 0 Å². The summed E-state index contributed by atoms with van der Waals surface area (Å²) in [6, 6.07) is 2.01. The summed E-state index contributed by atoms with van der Waals surface area (Å²) >= 11 is 1.61. The van der Waals surface area contributed by atoms with Crippen molar-refractivity contribution < 1.29 is 4.74 Å². The Labute approximate surface area is 117 Å². The number of likely N-dealkylation sites (N-methyl/N-ethyl adjacent to an activating group) is 1. The van der Waals surface area contributed by atoms with Crippen molar-refractivity contribution in [2.75, 3.05) is 39.1 Å². The van der Waals surface area contributed by atoms with Crippen molar-refractivity contribution >= 4 is 27.5 Å². The van der Waals surface area contributed by atoms with E-state index in [-0.39, 0.29) is 0 Å². The number of anilines is 1. The van der Waals surface area contributed by atoms with Crippen LogP contribution >= 0.6 is 11.3 Å². The molecule has 0 saturated heterocycles. The van der Waals surface area contributed by atoms with Gasteiger partial charge < -0.3 is 15.0 Å². The van der Waals surface area contributed by atoms with Crippen molar-refractivity contribution in [2.24, 2.45) is 0 Å². The summed E-state index contributed by atoms with van der Waals surface area (Å²) in [7, 11) is 4.05. The van der Waals surface area contributed by atoms with Crippen molar-refractivity contribution in [3.8, 4) is 5.88 Å². The lowest BCUT2D eigenvalue weighted by Gasteiger charge is -2.12. The molecule has 0 radical (unpaired) electrons. The van der Waals surface area contributed by atoms with Crippen LogP contribution in [0, 0.1) is 0 Å². The number of aromatic nitrogens is 2. The molecule has 0 aliphatic heterocycles. The maximum atomic E-state index is 5.78. The third-order valence-electron chi connectivity index (χ3n) is 2.60. The molecule has 0 fully saturated rings. The molecule has 5 nitrogen and oxygen atoms in total. The number of hydrogen-bond acceptors (Lipinski definition) is 6. The average Bonchev–Trinajstić information content (AvgIpc) is 2.84. The van der Waals surface area contributed by atoms with E-state index in [9.17, 15) is 0 Å². The van der Waals surface area contributed by atoms with Gasteiger partial charge in [0.1, 0.15) is 11.4 Å². The van der Waals surface area contributed by atoms with Crippen LogP contribution in [0.4, 0.5) is 5.95 Å². The molecule has 0 bridgehead atoms. The molecular formula is C13H20N4OS. The van der Waals surface area contributed by atoms with Gasteiger partial charge in [0.25, 0.3) is 0 Å². The molecule has 0 unspecified atom stereocenters. The molecular weight excluding hydrogens is 260 g/mol. The average molecular weight is 280 g/mol. The number of ether oxygens (including phenoxy) is 1. The highest BCUT2D eigenvalue weighted by atomic mass is 32.1. The molecule has 2 aromatic heterocycles. The molecule has 2 rings (SSSR count). The highest BCUT2D eigenvalue weighted by Gasteiger charge is 2.09. The van der Waals surface area contributed by atoms with Crippen LogP contribution in [0.3, 0.4) is 0 Å². The molecule has 0 saturated carbocycles. The number of rotatable bonds is 7. The summed E-state index contributed by atoms with van der Waals surface area (Å²) in [5.41, 5.74) is 0. The maximum absolute atomic E-state index is 5.78. The third-order valence-corrected chi connectivity index (χ3v) is 3.41. The minimum Gasteiger partial charge on any atom is -0.476 e. The smallest absolute Gasteiger partial charge is 0.227 e. The van der Waals surface area contributed by atoms with Gasteiger partial charge in [-0.2, -0.15) is 4.98 Å². The Kier molecular flexibility index (Phi) is 4.93. The molecule has 1 N–H and O–H groups in total. The van der Waals surface area contributed by atoms with Gasteiger partial charge in [-0.3, -0.25) is 0 Å². The van der Waals surface area contributed by atoms with Crippen LogP contribution in [0.5, 0.6) is 5.88 Å². The van der Waals surface area contributed by atoms with E-state index in [4.69, 9.17) is 4.74 Å². The lowest BCUT2D eigenvalue weighted by Crippen LogP contribution is -2.20. The first-order valence-corrected chi connectivity index (χ1v) is 7.35. The molecule has 0 amide bonds. The molecule has 0 aromatic carbocycles. The zero-order valence-corrected chi connectivity index (χ0v) is 12.5. The van der Waals surface area contributed by atoms with E-state index < -0.39 is 0 Å². The highest BCUT2D eigenvalue weighted by molar-refractivity contribution is 7.16. The van der Waals surface area contributed by atoms with E-state index in [0.29, 0.717) is 18.4 Å². The zero-order chi connectivity index (χ0) is 13.7. The van der Waals surface area contributed by atoms with Crippen LogP contribution in [-0.4, -0.2) is 48.7 Å². The fourth-order valence-corrected chi connectivity index (χ4v) is 2.33. The topological polar surface area (TPSA) is 50.3 Å². The normalized spacial score (nSPS) is 11.2. The highest BCUT2D eigenvalue weighted by Crippen LogP contribution is 2.28. The predicted molar refractivity (Wildman–Crippen MR) is 80.2 cm³/mol. The van der Waals surface area contributed by atoms with Crippen LogP contribution in [0.15, 0.2) is 11.4 Å². The fraction of sp³-hybridized carbons (Fsp3) is 0.538. The van der Waals surface area contributed by atoms with E-state index in [1.54, 1.807) is 11.3 Å². The van der Waals surface area contributed by atoms with Crippen molar-refractivity contribution in [1.82, 2.24) is 14.9 Å². The molecule has 0 atom stereocenters. The quantitative estimate of drug-likeness (QED) is 0.844. The van der Waals surface area contributed by atoms with Crippen LogP contribution in [0.1, 0.15) is 13.3 Å². The van der Waals surface area contributed by atoms with Gasteiger partial charge in [-0.05, 0) is 32.0 Å². The van der Waals surface area contributed by atoms with Crippen molar-refractivity contribution in [3.63, 3.8) is 0 Å². The molecule has 2 aromatic rings. The monoisotopic (exact) mass is 280 g/mol. The standard InChI is InChI=1S/C13H20N4OS/c1-4-6-14-13-15-11(18-8-7-17(2)3)10-5-9-19-12(10)16-13/h5,9H,4,6-8H2,1-3H3,(H,14,15,16).